The number of carboxylic acid groups (broad SMARTS) is 1. The summed E-state index contributed by atoms with van der Waals surface area (Å²) in [5.74, 6) is -0.962. The predicted octanol–water partition coefficient (Wildman–Crippen LogP) is 1.57. The fourth-order valence-electron chi connectivity index (χ4n) is 1.23. The second-order valence-corrected chi connectivity index (χ2v) is 3.56. The highest BCUT2D eigenvalue weighted by Gasteiger charge is 2.06. The van der Waals surface area contributed by atoms with E-state index in [9.17, 15) is 9.90 Å². The lowest BCUT2D eigenvalue weighted by atomic mass is 10.1. The van der Waals surface area contributed by atoms with Crippen LogP contribution in [0.1, 0.15) is 22.8 Å². The number of hydrogen-bond donors (Lipinski definition) is 3. The van der Waals surface area contributed by atoms with Crippen molar-refractivity contribution in [2.75, 3.05) is 6.61 Å². The molecule has 86 valence electrons. The Morgan fingerprint density at radius 3 is 2.69 bits per heavy atom. The van der Waals surface area contributed by atoms with Gasteiger partial charge in [0.05, 0.1) is 12.2 Å². The number of aromatic carboxylic acids is 1. The maximum absolute atomic E-state index is 10.7. The molecule has 4 nitrogen and oxygen atoms in total. The molecule has 0 saturated heterocycles. The first-order chi connectivity index (χ1) is 7.54. The summed E-state index contributed by atoms with van der Waals surface area (Å²) in [6.07, 6.45) is 2.15. The van der Waals surface area contributed by atoms with Gasteiger partial charge in [0.1, 0.15) is 5.75 Å². The Kier molecular flexibility index (Phi) is 4.08. The van der Waals surface area contributed by atoms with Crippen LogP contribution in [0.15, 0.2) is 29.8 Å². The third kappa shape index (κ3) is 3.10. The molecule has 0 aliphatic carbocycles. The van der Waals surface area contributed by atoms with Crippen LogP contribution in [-0.4, -0.2) is 27.9 Å². The van der Waals surface area contributed by atoms with E-state index in [2.05, 4.69) is 0 Å². The van der Waals surface area contributed by atoms with Crippen molar-refractivity contribution in [3.63, 3.8) is 0 Å². The molecule has 16 heavy (non-hydrogen) atoms. The summed E-state index contributed by atoms with van der Waals surface area (Å²) in [6, 6.07) is 4.14. The van der Waals surface area contributed by atoms with Crippen molar-refractivity contribution in [2.45, 2.75) is 13.3 Å². The Bertz CT molecular complexity index is 421. The van der Waals surface area contributed by atoms with Crippen molar-refractivity contribution in [3.8, 4) is 5.75 Å². The van der Waals surface area contributed by atoms with Crippen molar-refractivity contribution in [2.24, 2.45) is 0 Å². The van der Waals surface area contributed by atoms with Gasteiger partial charge in [0.15, 0.2) is 0 Å². The molecule has 0 fully saturated rings. The van der Waals surface area contributed by atoms with Gasteiger partial charge < -0.3 is 15.3 Å². The van der Waals surface area contributed by atoms with Crippen molar-refractivity contribution in [1.82, 2.24) is 0 Å². The number of allylic oxidation sites excluding steroid dienone is 1. The van der Waals surface area contributed by atoms with Gasteiger partial charge >= 0.3 is 5.97 Å². The maximum atomic E-state index is 10.7. The molecule has 1 aromatic carbocycles. The van der Waals surface area contributed by atoms with E-state index in [0.717, 1.165) is 5.57 Å². The van der Waals surface area contributed by atoms with Gasteiger partial charge in [-0.2, -0.15) is 0 Å². The molecule has 0 heterocycles. The van der Waals surface area contributed by atoms with Crippen LogP contribution in [0, 0.1) is 0 Å². The molecule has 4 heteroatoms. The third-order valence-corrected chi connectivity index (χ3v) is 2.25. The molecule has 0 aliphatic heterocycles. The molecule has 0 unspecified atom stereocenters. The summed E-state index contributed by atoms with van der Waals surface area (Å²) >= 11 is 0. The summed E-state index contributed by atoms with van der Waals surface area (Å²) < 4.78 is 0. The zero-order valence-electron chi connectivity index (χ0n) is 8.97. The number of carbonyl (C=O) groups is 1. The second kappa shape index (κ2) is 5.32. The van der Waals surface area contributed by atoms with Gasteiger partial charge in [0, 0.05) is 0 Å². The van der Waals surface area contributed by atoms with E-state index in [1.807, 2.05) is 0 Å². The number of aliphatic hydroxyl groups is 1. The Labute approximate surface area is 93.5 Å². The van der Waals surface area contributed by atoms with Crippen molar-refractivity contribution in [3.05, 3.63) is 41.0 Å². The highest BCUT2D eigenvalue weighted by Crippen LogP contribution is 2.19. The Morgan fingerprint density at radius 1 is 1.44 bits per heavy atom. The van der Waals surface area contributed by atoms with E-state index in [1.165, 1.54) is 18.2 Å². The largest absolute Gasteiger partial charge is 0.508 e. The molecule has 0 aliphatic rings. The normalized spacial score (nSPS) is 11.5. The molecular formula is C12H14O4. The van der Waals surface area contributed by atoms with Crippen LogP contribution in [-0.2, 0) is 6.42 Å². The minimum atomic E-state index is -1.02. The second-order valence-electron chi connectivity index (χ2n) is 3.56. The van der Waals surface area contributed by atoms with Crippen LogP contribution < -0.4 is 0 Å². The van der Waals surface area contributed by atoms with Gasteiger partial charge in [-0.15, -0.1) is 0 Å². The topological polar surface area (TPSA) is 77.8 Å². The predicted molar refractivity (Wildman–Crippen MR) is 59.6 cm³/mol. The van der Waals surface area contributed by atoms with Gasteiger partial charge in [-0.3, -0.25) is 0 Å². The van der Waals surface area contributed by atoms with Gasteiger partial charge in [-0.25, -0.2) is 4.79 Å². The maximum Gasteiger partial charge on any atom is 0.335 e. The number of phenolic OH excluding ortho intramolecular Hbond substituents is 1. The molecule has 0 aromatic heterocycles. The molecule has 0 spiro atoms. The summed E-state index contributed by atoms with van der Waals surface area (Å²) in [6.45, 7) is 1.72. The molecular weight excluding hydrogens is 208 g/mol. The van der Waals surface area contributed by atoms with E-state index < -0.39 is 5.97 Å². The van der Waals surface area contributed by atoms with Crippen LogP contribution in [0.4, 0.5) is 0 Å². The van der Waals surface area contributed by atoms with Crippen LogP contribution in [0.2, 0.25) is 0 Å². The number of aromatic hydroxyl groups is 1. The van der Waals surface area contributed by atoms with Gasteiger partial charge in [-0.05, 0) is 37.1 Å². The first-order valence-electron chi connectivity index (χ1n) is 4.86. The van der Waals surface area contributed by atoms with Gasteiger partial charge in [0.25, 0.3) is 0 Å². The number of carboxylic acids is 1. The Morgan fingerprint density at radius 2 is 2.12 bits per heavy atom. The summed E-state index contributed by atoms with van der Waals surface area (Å²) in [5.41, 5.74) is 1.45. The van der Waals surface area contributed by atoms with Crippen molar-refractivity contribution < 1.29 is 20.1 Å². The van der Waals surface area contributed by atoms with E-state index in [0.29, 0.717) is 12.0 Å². The minimum Gasteiger partial charge on any atom is -0.508 e. The fourth-order valence-corrected chi connectivity index (χ4v) is 1.23. The zero-order chi connectivity index (χ0) is 12.1. The monoisotopic (exact) mass is 222 g/mol. The lowest BCUT2D eigenvalue weighted by Gasteiger charge is -2.03. The van der Waals surface area contributed by atoms with E-state index >= 15 is 0 Å². The average Bonchev–Trinajstić information content (AvgIpc) is 2.27. The SMILES string of the molecule is CC(=CCc1cc(C(=O)O)ccc1O)CO. The Balaban J connectivity index is 2.94. The average molecular weight is 222 g/mol. The van der Waals surface area contributed by atoms with Crippen LogP contribution >= 0.6 is 0 Å². The van der Waals surface area contributed by atoms with E-state index in [1.54, 1.807) is 13.0 Å². The quantitative estimate of drug-likeness (QED) is 0.676. The van der Waals surface area contributed by atoms with Gasteiger partial charge in [-0.1, -0.05) is 11.6 Å². The molecule has 1 rings (SSSR count). The minimum absolute atomic E-state index is 0.0423. The summed E-state index contributed by atoms with van der Waals surface area (Å²) in [4.78, 5) is 10.7. The molecule has 0 saturated carbocycles. The lowest BCUT2D eigenvalue weighted by molar-refractivity contribution is 0.0697. The number of benzene rings is 1. The van der Waals surface area contributed by atoms with Crippen LogP contribution in [0.5, 0.6) is 5.75 Å². The number of aliphatic hydroxyl groups excluding tert-OH is 1. The van der Waals surface area contributed by atoms with Crippen LogP contribution in [0.25, 0.3) is 0 Å². The van der Waals surface area contributed by atoms with E-state index in [4.69, 9.17) is 10.2 Å². The third-order valence-electron chi connectivity index (χ3n) is 2.25. The van der Waals surface area contributed by atoms with Crippen molar-refractivity contribution in [1.29, 1.82) is 0 Å². The highest BCUT2D eigenvalue weighted by atomic mass is 16.4. The zero-order valence-corrected chi connectivity index (χ0v) is 8.97. The Hall–Kier alpha value is -1.81. The number of rotatable bonds is 4. The molecule has 0 bridgehead atoms. The molecule has 1 aromatic rings. The smallest absolute Gasteiger partial charge is 0.335 e. The highest BCUT2D eigenvalue weighted by molar-refractivity contribution is 5.88. The first kappa shape index (κ1) is 12.3. The first-order valence-corrected chi connectivity index (χ1v) is 4.86. The molecule has 0 atom stereocenters. The lowest BCUT2D eigenvalue weighted by Crippen LogP contribution is -1.97. The van der Waals surface area contributed by atoms with E-state index in [-0.39, 0.29) is 17.9 Å². The molecule has 0 radical (unpaired) electrons. The molecule has 0 amide bonds. The number of phenols is 1. The molecule has 3 N–H and O–H groups in total. The number of hydrogen-bond acceptors (Lipinski definition) is 3. The van der Waals surface area contributed by atoms with Gasteiger partial charge in [0.2, 0.25) is 0 Å². The summed E-state index contributed by atoms with van der Waals surface area (Å²) in [5, 5.41) is 27.1. The standard InChI is InChI=1S/C12H14O4/c1-8(7-13)2-3-9-6-10(12(15)16)4-5-11(9)14/h2,4-6,13-14H,3,7H2,1H3,(H,15,16). The summed E-state index contributed by atoms with van der Waals surface area (Å²) in [7, 11) is 0. The fraction of sp³-hybridized carbons (Fsp3) is 0.250. The van der Waals surface area contributed by atoms with Crippen LogP contribution in [0.3, 0.4) is 0 Å². The van der Waals surface area contributed by atoms with Crippen molar-refractivity contribution >= 4 is 5.97 Å².